The summed E-state index contributed by atoms with van der Waals surface area (Å²) in [5.41, 5.74) is 6.86. The lowest BCUT2D eigenvalue weighted by Crippen LogP contribution is -2.47. The van der Waals surface area contributed by atoms with Crippen molar-refractivity contribution in [2.24, 2.45) is 11.7 Å². The Hall–Kier alpha value is -2.79. The average molecular weight is 452 g/mol. The van der Waals surface area contributed by atoms with E-state index in [2.05, 4.69) is 14.7 Å². The van der Waals surface area contributed by atoms with Gasteiger partial charge in [0.1, 0.15) is 5.78 Å². The van der Waals surface area contributed by atoms with Crippen LogP contribution in [-0.4, -0.2) is 52.5 Å². The van der Waals surface area contributed by atoms with Gasteiger partial charge in [-0.15, -0.1) is 0 Å². The van der Waals surface area contributed by atoms with E-state index in [1.54, 1.807) is 17.0 Å². The minimum Gasteiger partial charge on any atom is -0.379 e. The van der Waals surface area contributed by atoms with E-state index < -0.39 is 12.1 Å². The third-order valence-electron chi connectivity index (χ3n) is 5.88. The number of nitrogens with zero attached hydrogens (tertiary/aromatic N) is 3. The van der Waals surface area contributed by atoms with Gasteiger partial charge in [-0.3, -0.25) is 9.59 Å². The Bertz CT molecular complexity index is 1010. The molecule has 32 heavy (non-hydrogen) atoms. The van der Waals surface area contributed by atoms with Crippen molar-refractivity contribution in [3.8, 4) is 11.4 Å². The number of ketones is 1. The molecule has 1 aromatic heterocycles. The highest BCUT2D eigenvalue weighted by atomic mass is 19.4. The van der Waals surface area contributed by atoms with Crippen molar-refractivity contribution in [1.29, 1.82) is 0 Å². The summed E-state index contributed by atoms with van der Waals surface area (Å²) in [4.78, 5) is 30.5. The summed E-state index contributed by atoms with van der Waals surface area (Å²) in [6.07, 6.45) is -2.65. The smallest absolute Gasteiger partial charge is 0.379 e. The monoisotopic (exact) mass is 452 g/mol. The van der Waals surface area contributed by atoms with E-state index in [9.17, 15) is 22.8 Å². The molecule has 0 unspecified atom stereocenters. The number of carbonyl (C=O) groups is 2. The molecule has 0 spiro atoms. The summed E-state index contributed by atoms with van der Waals surface area (Å²) in [5.74, 6) is -1.83. The molecule has 8 nitrogen and oxygen atoms in total. The van der Waals surface area contributed by atoms with Gasteiger partial charge in [-0.05, 0) is 36.9 Å². The summed E-state index contributed by atoms with van der Waals surface area (Å²) in [6.45, 7) is 1.66. The molecule has 3 heterocycles. The van der Waals surface area contributed by atoms with Crippen LogP contribution in [0.5, 0.6) is 0 Å². The fraction of sp³-hybridized carbons (Fsp3) is 0.524. The highest BCUT2D eigenvalue weighted by Gasteiger charge is 2.40. The lowest BCUT2D eigenvalue weighted by Gasteiger charge is -2.37. The third kappa shape index (κ3) is 4.53. The van der Waals surface area contributed by atoms with Crippen molar-refractivity contribution in [2.75, 3.05) is 19.8 Å². The number of carbonyl (C=O) groups excluding carboxylic acids is 2. The van der Waals surface area contributed by atoms with Gasteiger partial charge in [0.05, 0.1) is 12.6 Å². The number of Topliss-reactive ketones (excluding diaryl/α,β-unsaturated/α-hetero) is 1. The van der Waals surface area contributed by atoms with Crippen molar-refractivity contribution in [2.45, 2.75) is 44.4 Å². The van der Waals surface area contributed by atoms with Crippen LogP contribution in [0.1, 0.15) is 47.5 Å². The van der Waals surface area contributed by atoms with Gasteiger partial charge >= 0.3 is 12.1 Å². The number of fused-ring (bicyclic) bond motifs is 1. The quantitative estimate of drug-likeness (QED) is 0.688. The number of nitrogens with two attached hydrogens (primary N) is 1. The average Bonchev–Trinajstić information content (AvgIpc) is 3.38. The lowest BCUT2D eigenvalue weighted by molar-refractivity contribution is -0.159. The fourth-order valence-corrected chi connectivity index (χ4v) is 4.23. The van der Waals surface area contributed by atoms with E-state index >= 15 is 0 Å². The van der Waals surface area contributed by atoms with Crippen LogP contribution in [0.3, 0.4) is 0 Å². The maximum atomic E-state index is 13.2. The second-order valence-corrected chi connectivity index (χ2v) is 8.05. The molecule has 1 aromatic carbocycles. The molecule has 2 aliphatic heterocycles. The Morgan fingerprint density at radius 1 is 1.31 bits per heavy atom. The van der Waals surface area contributed by atoms with E-state index in [-0.39, 0.29) is 35.0 Å². The van der Waals surface area contributed by atoms with Crippen molar-refractivity contribution in [1.82, 2.24) is 15.0 Å². The summed E-state index contributed by atoms with van der Waals surface area (Å²) >= 11 is 0. The Morgan fingerprint density at radius 2 is 2.12 bits per heavy atom. The highest BCUT2D eigenvalue weighted by Crippen LogP contribution is 2.34. The number of alkyl halides is 3. The first-order valence-corrected chi connectivity index (χ1v) is 10.4. The van der Waals surface area contributed by atoms with E-state index in [1.807, 2.05) is 0 Å². The van der Waals surface area contributed by atoms with Crippen LogP contribution >= 0.6 is 0 Å². The SMILES string of the molecule is NCCCC(=O)C[C@@H]1CCOC[C@H]1N1Cc2ccc(-c3noc(C(F)(F)F)n3)cc2C1=O. The number of hydrogen-bond donors (Lipinski definition) is 1. The fourth-order valence-electron chi connectivity index (χ4n) is 4.23. The molecule has 1 fully saturated rings. The lowest BCUT2D eigenvalue weighted by atomic mass is 9.88. The maximum Gasteiger partial charge on any atom is 0.471 e. The maximum absolute atomic E-state index is 13.2. The molecule has 0 bridgehead atoms. The van der Waals surface area contributed by atoms with E-state index in [0.29, 0.717) is 57.6 Å². The number of ether oxygens (including phenoxy) is 1. The number of rotatable bonds is 7. The Morgan fingerprint density at radius 3 is 2.84 bits per heavy atom. The summed E-state index contributed by atoms with van der Waals surface area (Å²) in [6, 6.07) is 4.47. The topological polar surface area (TPSA) is 112 Å². The van der Waals surface area contributed by atoms with Crippen molar-refractivity contribution in [3.63, 3.8) is 0 Å². The largest absolute Gasteiger partial charge is 0.471 e. The number of amides is 1. The third-order valence-corrected chi connectivity index (χ3v) is 5.88. The van der Waals surface area contributed by atoms with Crippen LogP contribution in [0.2, 0.25) is 0 Å². The first-order chi connectivity index (χ1) is 15.3. The highest BCUT2D eigenvalue weighted by molar-refractivity contribution is 5.99. The number of hydrogen-bond acceptors (Lipinski definition) is 7. The normalized spacial score (nSPS) is 21.1. The first-order valence-electron chi connectivity index (χ1n) is 10.4. The van der Waals surface area contributed by atoms with E-state index in [0.717, 1.165) is 5.56 Å². The van der Waals surface area contributed by atoms with Gasteiger partial charge in [-0.1, -0.05) is 17.3 Å². The van der Waals surface area contributed by atoms with Crippen LogP contribution in [0.4, 0.5) is 13.2 Å². The van der Waals surface area contributed by atoms with Crippen molar-refractivity contribution >= 4 is 11.7 Å². The number of aromatic nitrogens is 2. The first kappa shape index (κ1) is 22.4. The second-order valence-electron chi connectivity index (χ2n) is 8.05. The molecule has 172 valence electrons. The molecule has 1 saturated heterocycles. The van der Waals surface area contributed by atoms with Crippen LogP contribution in [0.15, 0.2) is 22.7 Å². The molecule has 4 rings (SSSR count). The van der Waals surface area contributed by atoms with Gasteiger partial charge in [-0.25, -0.2) is 0 Å². The number of halogens is 3. The van der Waals surface area contributed by atoms with E-state index in [4.69, 9.17) is 10.5 Å². The van der Waals surface area contributed by atoms with Crippen LogP contribution in [0, 0.1) is 5.92 Å². The second kappa shape index (κ2) is 8.99. The predicted octanol–water partition coefficient (Wildman–Crippen LogP) is 2.81. The summed E-state index contributed by atoms with van der Waals surface area (Å²) in [7, 11) is 0. The van der Waals surface area contributed by atoms with Gasteiger partial charge in [0, 0.05) is 37.1 Å². The van der Waals surface area contributed by atoms with E-state index in [1.165, 1.54) is 6.07 Å². The van der Waals surface area contributed by atoms with Gasteiger partial charge in [0.15, 0.2) is 0 Å². The molecule has 2 aliphatic rings. The zero-order chi connectivity index (χ0) is 22.9. The molecular weight excluding hydrogens is 429 g/mol. The van der Waals surface area contributed by atoms with Crippen LogP contribution in [-0.2, 0) is 22.3 Å². The van der Waals surface area contributed by atoms with Gasteiger partial charge in [-0.2, -0.15) is 18.2 Å². The molecule has 11 heteroatoms. The molecule has 0 radical (unpaired) electrons. The Kier molecular flexibility index (Phi) is 6.29. The zero-order valence-electron chi connectivity index (χ0n) is 17.2. The molecule has 2 N–H and O–H groups in total. The van der Waals surface area contributed by atoms with Gasteiger partial charge < -0.3 is 19.9 Å². The molecule has 2 aromatic rings. The Balaban J connectivity index is 1.52. The summed E-state index contributed by atoms with van der Waals surface area (Å²) < 4.78 is 48.1. The van der Waals surface area contributed by atoms with Crippen LogP contribution in [0.25, 0.3) is 11.4 Å². The van der Waals surface area contributed by atoms with Crippen molar-refractivity contribution < 1.29 is 32.0 Å². The molecule has 0 aliphatic carbocycles. The van der Waals surface area contributed by atoms with Gasteiger partial charge in [0.25, 0.3) is 5.91 Å². The summed E-state index contributed by atoms with van der Waals surface area (Å²) in [5, 5.41) is 3.38. The molecule has 0 saturated carbocycles. The predicted molar refractivity (Wildman–Crippen MR) is 105 cm³/mol. The van der Waals surface area contributed by atoms with Crippen LogP contribution < -0.4 is 5.73 Å². The zero-order valence-corrected chi connectivity index (χ0v) is 17.2. The Labute approximate surface area is 181 Å². The molecule has 2 atom stereocenters. The molecule has 1 amide bonds. The van der Waals surface area contributed by atoms with Crippen molar-refractivity contribution in [3.05, 3.63) is 35.2 Å². The molecular formula is C21H23F3N4O4. The minimum absolute atomic E-state index is 0.0155. The minimum atomic E-state index is -4.74. The number of benzene rings is 1. The van der Waals surface area contributed by atoms with Gasteiger partial charge in [0.2, 0.25) is 5.82 Å². The standard InChI is InChI=1S/C21H23F3N4O4/c22-21(23,24)20-26-18(27-32-20)13-3-4-14-10-28(19(30)16(14)9-13)17-11-31-7-5-12(17)8-15(29)2-1-6-25/h3-4,9,12,17H,1-2,5-8,10-11,25H2/t12-,17+/m0/s1.